The van der Waals surface area contributed by atoms with Crippen LogP contribution in [0.15, 0.2) is 36.4 Å². The van der Waals surface area contributed by atoms with Gasteiger partial charge in [-0.1, -0.05) is 0 Å². The van der Waals surface area contributed by atoms with Crippen molar-refractivity contribution in [1.82, 2.24) is 0 Å². The molecule has 0 aliphatic heterocycles. The fraction of sp³-hybridized carbons (Fsp3) is 0.308. The van der Waals surface area contributed by atoms with Gasteiger partial charge in [0.05, 0.1) is 68.3 Å². The lowest BCUT2D eigenvalue weighted by Gasteiger charge is -2.20. The molecule has 36 heavy (non-hydrogen) atoms. The lowest BCUT2D eigenvalue weighted by Crippen LogP contribution is -2.03. The molecule has 194 valence electrons. The summed E-state index contributed by atoms with van der Waals surface area (Å²) in [5.41, 5.74) is 2.78. The summed E-state index contributed by atoms with van der Waals surface area (Å²) >= 11 is 0. The highest BCUT2D eigenvalue weighted by Gasteiger charge is 2.18. The molecule has 0 bridgehead atoms. The van der Waals surface area contributed by atoms with E-state index in [0.717, 1.165) is 0 Å². The van der Waals surface area contributed by atoms with Crippen LogP contribution in [0, 0.1) is 0 Å². The minimum absolute atomic E-state index is 0.494. The molecule has 3 aromatic carbocycles. The molecule has 0 spiro atoms. The quantitative estimate of drug-likeness (QED) is 0.343. The van der Waals surface area contributed by atoms with Crippen molar-refractivity contribution >= 4 is 22.7 Å². The number of hydrogen-bond acceptors (Lipinski definition) is 10. The zero-order chi connectivity index (χ0) is 26.2. The van der Waals surface area contributed by atoms with E-state index in [1.807, 2.05) is 12.1 Å². The minimum atomic E-state index is 0.494. The van der Waals surface area contributed by atoms with Gasteiger partial charge in [-0.05, 0) is 0 Å². The molecule has 10 heteroatoms. The third kappa shape index (κ3) is 5.32. The van der Waals surface area contributed by atoms with Crippen LogP contribution in [-0.4, -0.2) is 56.9 Å². The number of ether oxygens (including phenoxy) is 8. The molecule has 2 N–H and O–H groups in total. The molecule has 0 atom stereocenters. The van der Waals surface area contributed by atoms with Gasteiger partial charge >= 0.3 is 0 Å². The summed E-state index contributed by atoms with van der Waals surface area (Å²) in [6.45, 7) is 0. The summed E-state index contributed by atoms with van der Waals surface area (Å²) in [6.07, 6.45) is 0. The van der Waals surface area contributed by atoms with Crippen molar-refractivity contribution < 1.29 is 37.9 Å². The topological polar surface area (TPSA) is 97.9 Å². The number of anilines is 4. The van der Waals surface area contributed by atoms with Gasteiger partial charge in [0.1, 0.15) is 0 Å². The number of rotatable bonds is 12. The van der Waals surface area contributed by atoms with Crippen LogP contribution in [0.4, 0.5) is 22.7 Å². The zero-order valence-corrected chi connectivity index (χ0v) is 21.7. The molecule has 0 radical (unpaired) electrons. The zero-order valence-electron chi connectivity index (χ0n) is 21.7. The SMILES string of the molecule is COc1cc(Nc2cc(OC)c(OC)c(OC)c2)c(Nc2cc(OC)c(OC)c(OC)c2)cc1OC. The van der Waals surface area contributed by atoms with Gasteiger partial charge in [0.15, 0.2) is 34.5 Å². The molecular weight excluding hydrogens is 468 g/mol. The van der Waals surface area contributed by atoms with E-state index >= 15 is 0 Å². The van der Waals surface area contributed by atoms with Gasteiger partial charge in [-0.25, -0.2) is 0 Å². The fourth-order valence-electron chi connectivity index (χ4n) is 3.70. The van der Waals surface area contributed by atoms with Gasteiger partial charge in [-0.2, -0.15) is 0 Å². The first-order chi connectivity index (χ1) is 17.5. The summed E-state index contributed by atoms with van der Waals surface area (Å²) in [6, 6.07) is 10.9. The Hall–Kier alpha value is -4.34. The molecule has 0 fully saturated rings. The van der Waals surface area contributed by atoms with Crippen LogP contribution in [0.2, 0.25) is 0 Å². The Morgan fingerprint density at radius 3 is 0.861 bits per heavy atom. The summed E-state index contributed by atoms with van der Waals surface area (Å²) in [5, 5.41) is 6.80. The van der Waals surface area contributed by atoms with Crippen LogP contribution < -0.4 is 48.5 Å². The van der Waals surface area contributed by atoms with E-state index in [9.17, 15) is 0 Å². The Bertz CT molecular complexity index is 1060. The van der Waals surface area contributed by atoms with Crippen molar-refractivity contribution in [2.45, 2.75) is 0 Å². The van der Waals surface area contributed by atoms with Crippen molar-refractivity contribution in [1.29, 1.82) is 0 Å². The molecule has 0 saturated carbocycles. The maximum absolute atomic E-state index is 5.53. The Morgan fingerprint density at radius 1 is 0.361 bits per heavy atom. The van der Waals surface area contributed by atoms with Crippen LogP contribution in [-0.2, 0) is 0 Å². The van der Waals surface area contributed by atoms with Gasteiger partial charge in [0, 0.05) is 47.8 Å². The second kappa shape index (κ2) is 11.9. The van der Waals surface area contributed by atoms with Crippen molar-refractivity contribution in [3.8, 4) is 46.0 Å². The van der Waals surface area contributed by atoms with Crippen LogP contribution in [0.1, 0.15) is 0 Å². The lowest BCUT2D eigenvalue weighted by atomic mass is 10.2. The minimum Gasteiger partial charge on any atom is -0.493 e. The van der Waals surface area contributed by atoms with Crippen molar-refractivity contribution in [3.05, 3.63) is 36.4 Å². The largest absolute Gasteiger partial charge is 0.493 e. The molecule has 10 nitrogen and oxygen atoms in total. The first kappa shape index (κ1) is 26.3. The van der Waals surface area contributed by atoms with Gasteiger partial charge in [-0.3, -0.25) is 0 Å². The van der Waals surface area contributed by atoms with E-state index < -0.39 is 0 Å². The van der Waals surface area contributed by atoms with Gasteiger partial charge in [-0.15, -0.1) is 0 Å². The van der Waals surface area contributed by atoms with Crippen LogP contribution in [0.25, 0.3) is 0 Å². The Kier molecular flexibility index (Phi) is 8.66. The van der Waals surface area contributed by atoms with E-state index in [-0.39, 0.29) is 0 Å². The summed E-state index contributed by atoms with van der Waals surface area (Å²) in [4.78, 5) is 0. The molecule has 0 aliphatic carbocycles. The normalized spacial score (nSPS) is 10.2. The van der Waals surface area contributed by atoms with E-state index in [4.69, 9.17) is 37.9 Å². The molecule has 0 aromatic heterocycles. The fourth-order valence-corrected chi connectivity index (χ4v) is 3.70. The van der Waals surface area contributed by atoms with Crippen LogP contribution >= 0.6 is 0 Å². The van der Waals surface area contributed by atoms with Gasteiger partial charge in [0.25, 0.3) is 0 Å². The van der Waals surface area contributed by atoms with E-state index in [0.29, 0.717) is 68.7 Å². The Labute approximate surface area is 210 Å². The molecule has 0 amide bonds. The monoisotopic (exact) mass is 500 g/mol. The van der Waals surface area contributed by atoms with Crippen molar-refractivity contribution in [2.24, 2.45) is 0 Å². The molecule has 0 heterocycles. The van der Waals surface area contributed by atoms with E-state index in [1.54, 1.807) is 81.1 Å². The highest BCUT2D eigenvalue weighted by Crippen LogP contribution is 2.45. The van der Waals surface area contributed by atoms with Crippen LogP contribution in [0.3, 0.4) is 0 Å². The predicted octanol–water partition coefficient (Wildman–Crippen LogP) is 5.24. The van der Waals surface area contributed by atoms with Crippen molar-refractivity contribution in [3.63, 3.8) is 0 Å². The van der Waals surface area contributed by atoms with Gasteiger partial charge < -0.3 is 48.5 Å². The number of methoxy groups -OCH3 is 8. The van der Waals surface area contributed by atoms with Crippen molar-refractivity contribution in [2.75, 3.05) is 67.5 Å². The lowest BCUT2D eigenvalue weighted by molar-refractivity contribution is 0.324. The Balaban J connectivity index is 2.11. The third-order valence-corrected chi connectivity index (χ3v) is 5.41. The summed E-state index contributed by atoms with van der Waals surface area (Å²) in [7, 11) is 12.5. The second-order valence-electron chi connectivity index (χ2n) is 7.33. The third-order valence-electron chi connectivity index (χ3n) is 5.41. The number of nitrogens with one attached hydrogen (secondary N) is 2. The molecule has 3 rings (SSSR count). The summed E-state index contributed by atoms with van der Waals surface area (Å²) < 4.78 is 43.9. The molecule has 0 aliphatic rings. The average Bonchev–Trinajstić information content (AvgIpc) is 2.92. The maximum atomic E-state index is 5.53. The maximum Gasteiger partial charge on any atom is 0.203 e. The number of hydrogen-bond donors (Lipinski definition) is 2. The molecule has 0 saturated heterocycles. The second-order valence-corrected chi connectivity index (χ2v) is 7.33. The molecule has 3 aromatic rings. The molecule has 0 unspecified atom stereocenters. The smallest absolute Gasteiger partial charge is 0.203 e. The highest BCUT2D eigenvalue weighted by molar-refractivity contribution is 5.83. The number of benzene rings is 3. The molecular formula is C26H32N2O8. The van der Waals surface area contributed by atoms with E-state index in [1.165, 1.54) is 0 Å². The first-order valence-electron chi connectivity index (χ1n) is 10.9. The standard InChI is InChI=1S/C26H32N2O8/c1-29-19-13-17(27-15-9-21(31-3)25(35-7)22(10-15)32-4)18(14-20(19)30-2)28-16-11-23(33-5)26(36-8)24(12-16)34-6/h9-14,27-28H,1-8H3. The predicted molar refractivity (Wildman–Crippen MR) is 138 cm³/mol. The van der Waals surface area contributed by atoms with E-state index in [2.05, 4.69) is 10.6 Å². The average molecular weight is 501 g/mol. The van der Waals surface area contributed by atoms with Gasteiger partial charge in [0.2, 0.25) is 11.5 Å². The van der Waals surface area contributed by atoms with Crippen LogP contribution in [0.5, 0.6) is 46.0 Å². The first-order valence-corrected chi connectivity index (χ1v) is 10.9. The highest BCUT2D eigenvalue weighted by atomic mass is 16.5. The summed E-state index contributed by atoms with van der Waals surface area (Å²) in [5.74, 6) is 4.13. The Morgan fingerprint density at radius 2 is 0.639 bits per heavy atom.